The molecule has 2 heterocycles. The Kier molecular flexibility index (Phi) is 9.13. The van der Waals surface area contributed by atoms with Gasteiger partial charge in [0.05, 0.1) is 18.7 Å². The lowest BCUT2D eigenvalue weighted by atomic mass is 10.0. The van der Waals surface area contributed by atoms with Gasteiger partial charge in [-0.05, 0) is 62.8 Å². The van der Waals surface area contributed by atoms with Crippen LogP contribution < -0.4 is 15.5 Å². The van der Waals surface area contributed by atoms with E-state index in [1.807, 2.05) is 26.0 Å². The third kappa shape index (κ3) is 7.03. The van der Waals surface area contributed by atoms with Crippen molar-refractivity contribution < 1.29 is 18.3 Å². The first-order valence-corrected chi connectivity index (χ1v) is 14.2. The number of ketones is 1. The first-order valence-electron chi connectivity index (χ1n) is 13.4. The standard InChI is InChI=1S/C27H40FN5O3S/c1-19(2)16-27(37-28,26(36)33-11-10-22(18-33)29-17-20(3)34)30-25(35)21-4-6-23(7-5-21)31-12-14-32(15-13-31)24-8-9-24/h4-7,19,22,24,29H,8-18H2,1-3H3,(H,30,35). The summed E-state index contributed by atoms with van der Waals surface area (Å²) in [5.74, 6) is -0.885. The first kappa shape index (κ1) is 27.9. The minimum Gasteiger partial charge on any atom is -0.369 e. The van der Waals surface area contributed by atoms with Crippen LogP contribution >= 0.6 is 12.1 Å². The summed E-state index contributed by atoms with van der Waals surface area (Å²) in [5.41, 5.74) is 1.47. The summed E-state index contributed by atoms with van der Waals surface area (Å²) in [6.07, 6.45) is 3.48. The van der Waals surface area contributed by atoms with E-state index in [2.05, 4.69) is 20.4 Å². The average Bonchev–Trinajstić information content (AvgIpc) is 3.63. The summed E-state index contributed by atoms with van der Waals surface area (Å²) in [6, 6.07) is 8.12. The maximum absolute atomic E-state index is 14.6. The van der Waals surface area contributed by atoms with Gasteiger partial charge < -0.3 is 20.4 Å². The molecule has 0 spiro atoms. The van der Waals surface area contributed by atoms with E-state index in [4.69, 9.17) is 0 Å². The predicted octanol–water partition coefficient (Wildman–Crippen LogP) is 2.84. The highest BCUT2D eigenvalue weighted by atomic mass is 32.2. The molecule has 8 nitrogen and oxygen atoms in total. The number of hydrogen-bond acceptors (Lipinski definition) is 7. The molecule has 0 aromatic heterocycles. The Balaban J connectivity index is 1.40. The van der Waals surface area contributed by atoms with E-state index in [-0.39, 0.29) is 42.9 Å². The zero-order valence-electron chi connectivity index (χ0n) is 22.2. The molecule has 1 aromatic carbocycles. The number of likely N-dealkylation sites (tertiary alicyclic amines) is 1. The molecule has 2 unspecified atom stereocenters. The molecule has 3 fully saturated rings. The van der Waals surface area contributed by atoms with Crippen LogP contribution in [0.3, 0.4) is 0 Å². The molecule has 2 saturated heterocycles. The van der Waals surface area contributed by atoms with Gasteiger partial charge in [-0.3, -0.25) is 19.3 Å². The summed E-state index contributed by atoms with van der Waals surface area (Å²) in [4.78, 5) is 42.9. The molecule has 2 amide bonds. The normalized spacial score (nSPS) is 22.2. The summed E-state index contributed by atoms with van der Waals surface area (Å²) < 4.78 is 14.6. The molecular formula is C27H40FN5O3S. The second-order valence-electron chi connectivity index (χ2n) is 11.1. The lowest BCUT2D eigenvalue weighted by molar-refractivity contribution is -0.134. The Bertz CT molecular complexity index is 965. The number of piperazine rings is 1. The lowest BCUT2D eigenvalue weighted by Crippen LogP contribution is -2.57. The number of carbonyl (C=O) groups is 3. The maximum Gasteiger partial charge on any atom is 0.261 e. The van der Waals surface area contributed by atoms with Crippen molar-refractivity contribution >= 4 is 35.4 Å². The molecule has 204 valence electrons. The highest BCUT2D eigenvalue weighted by Crippen LogP contribution is 2.34. The number of benzene rings is 1. The Labute approximate surface area is 224 Å². The van der Waals surface area contributed by atoms with Gasteiger partial charge in [-0.1, -0.05) is 13.8 Å². The molecule has 0 bridgehead atoms. The van der Waals surface area contributed by atoms with Crippen LogP contribution in [0.1, 0.15) is 56.8 Å². The van der Waals surface area contributed by atoms with Gasteiger partial charge in [0, 0.05) is 62.6 Å². The molecule has 3 aliphatic rings. The number of rotatable bonds is 11. The van der Waals surface area contributed by atoms with E-state index in [0.717, 1.165) is 37.9 Å². The summed E-state index contributed by atoms with van der Waals surface area (Å²) in [7, 11) is 0. The largest absolute Gasteiger partial charge is 0.369 e. The fraction of sp³-hybridized carbons (Fsp3) is 0.667. The van der Waals surface area contributed by atoms with Crippen molar-refractivity contribution in [3.05, 3.63) is 29.8 Å². The zero-order valence-corrected chi connectivity index (χ0v) is 23.0. The number of nitrogens with zero attached hydrogens (tertiary/aromatic N) is 3. The fourth-order valence-electron chi connectivity index (χ4n) is 5.37. The first-order chi connectivity index (χ1) is 17.7. The smallest absolute Gasteiger partial charge is 0.261 e. The number of Topliss-reactive ketones (excluding diaryl/α,β-unsaturated/α-hetero) is 1. The van der Waals surface area contributed by atoms with Crippen LogP contribution in [0.2, 0.25) is 0 Å². The van der Waals surface area contributed by atoms with Gasteiger partial charge in [0.15, 0.2) is 4.87 Å². The Hall–Kier alpha value is -2.17. The molecule has 37 heavy (non-hydrogen) atoms. The van der Waals surface area contributed by atoms with Gasteiger partial charge in [0.1, 0.15) is 5.78 Å². The summed E-state index contributed by atoms with van der Waals surface area (Å²) >= 11 is -0.0940. The summed E-state index contributed by atoms with van der Waals surface area (Å²) in [5, 5.41) is 5.90. The molecule has 0 radical (unpaired) electrons. The lowest BCUT2D eigenvalue weighted by Gasteiger charge is -2.36. The van der Waals surface area contributed by atoms with Crippen LogP contribution in [-0.4, -0.2) is 90.2 Å². The minimum atomic E-state index is -1.70. The number of anilines is 1. The van der Waals surface area contributed by atoms with E-state index in [0.29, 0.717) is 25.1 Å². The van der Waals surface area contributed by atoms with Crippen molar-refractivity contribution in [3.8, 4) is 0 Å². The minimum absolute atomic E-state index is 0.0154. The second kappa shape index (κ2) is 12.1. The van der Waals surface area contributed by atoms with Gasteiger partial charge in [0.25, 0.3) is 11.8 Å². The van der Waals surface area contributed by atoms with Crippen molar-refractivity contribution in [2.75, 3.05) is 50.7 Å². The zero-order chi connectivity index (χ0) is 26.6. The van der Waals surface area contributed by atoms with Crippen LogP contribution in [-0.2, 0) is 9.59 Å². The maximum atomic E-state index is 14.6. The third-order valence-corrected chi connectivity index (χ3v) is 8.18. The molecule has 4 rings (SSSR count). The van der Waals surface area contributed by atoms with Gasteiger partial charge in [-0.15, -0.1) is 0 Å². The number of halogens is 1. The molecule has 1 aliphatic carbocycles. The average molecular weight is 534 g/mol. The Morgan fingerprint density at radius 2 is 1.73 bits per heavy atom. The van der Waals surface area contributed by atoms with Crippen LogP contribution in [0.5, 0.6) is 0 Å². The molecule has 2 aliphatic heterocycles. The van der Waals surface area contributed by atoms with Gasteiger partial charge >= 0.3 is 0 Å². The molecule has 2 N–H and O–H groups in total. The van der Waals surface area contributed by atoms with Crippen molar-refractivity contribution in [1.29, 1.82) is 0 Å². The molecule has 10 heteroatoms. The van der Waals surface area contributed by atoms with Crippen LogP contribution in [0.25, 0.3) is 0 Å². The van der Waals surface area contributed by atoms with Crippen molar-refractivity contribution in [2.45, 2.75) is 63.4 Å². The highest BCUT2D eigenvalue weighted by molar-refractivity contribution is 7.96. The van der Waals surface area contributed by atoms with Gasteiger partial charge in [-0.2, -0.15) is 3.89 Å². The third-order valence-electron chi connectivity index (χ3n) is 7.48. The molecular weight excluding hydrogens is 493 g/mol. The van der Waals surface area contributed by atoms with E-state index < -0.39 is 16.7 Å². The Morgan fingerprint density at radius 1 is 1.05 bits per heavy atom. The highest BCUT2D eigenvalue weighted by Gasteiger charge is 2.46. The Morgan fingerprint density at radius 3 is 2.30 bits per heavy atom. The second-order valence-corrected chi connectivity index (χ2v) is 11.9. The summed E-state index contributed by atoms with van der Waals surface area (Å²) in [6.45, 7) is 10.4. The van der Waals surface area contributed by atoms with Crippen LogP contribution in [0.4, 0.5) is 9.57 Å². The molecule has 1 aromatic rings. The van der Waals surface area contributed by atoms with E-state index in [9.17, 15) is 18.3 Å². The van der Waals surface area contributed by atoms with Crippen LogP contribution in [0.15, 0.2) is 24.3 Å². The number of hydrogen-bond donors (Lipinski definition) is 2. The van der Waals surface area contributed by atoms with Crippen molar-refractivity contribution in [3.63, 3.8) is 0 Å². The quantitative estimate of drug-likeness (QED) is 0.423. The van der Waals surface area contributed by atoms with Gasteiger partial charge in [-0.25, -0.2) is 0 Å². The number of carbonyl (C=O) groups excluding carboxylic acids is 3. The monoisotopic (exact) mass is 533 g/mol. The van der Waals surface area contributed by atoms with Crippen molar-refractivity contribution in [1.82, 2.24) is 20.4 Å². The van der Waals surface area contributed by atoms with E-state index in [1.165, 1.54) is 19.8 Å². The van der Waals surface area contributed by atoms with E-state index >= 15 is 0 Å². The number of amides is 2. The number of nitrogens with one attached hydrogen (secondary N) is 2. The molecule has 2 atom stereocenters. The van der Waals surface area contributed by atoms with E-state index in [1.54, 1.807) is 17.0 Å². The van der Waals surface area contributed by atoms with Gasteiger partial charge in [0.2, 0.25) is 0 Å². The molecule has 1 saturated carbocycles. The SMILES string of the molecule is CC(=O)CNC1CCN(C(=O)C(CC(C)C)(NC(=O)c2ccc(N3CCN(C4CC4)CC3)cc2)SF)C1. The van der Waals surface area contributed by atoms with Crippen molar-refractivity contribution in [2.24, 2.45) is 5.92 Å². The fourth-order valence-corrected chi connectivity index (χ4v) is 6.09. The topological polar surface area (TPSA) is 85.0 Å². The van der Waals surface area contributed by atoms with Crippen LogP contribution in [0, 0.1) is 5.92 Å². The predicted molar refractivity (Wildman–Crippen MR) is 145 cm³/mol.